The Morgan fingerprint density at radius 2 is 1.89 bits per heavy atom. The van der Waals surface area contributed by atoms with Crippen LogP contribution in [0.1, 0.15) is 18.4 Å². The second kappa shape index (κ2) is 5.48. The lowest BCUT2D eigenvalue weighted by atomic mass is 10.1. The summed E-state index contributed by atoms with van der Waals surface area (Å²) in [6.07, 6.45) is 1.80. The molecule has 0 atom stereocenters. The number of nitrogens with zero attached hydrogens (tertiary/aromatic N) is 1. The lowest BCUT2D eigenvalue weighted by Gasteiger charge is -2.23. The van der Waals surface area contributed by atoms with Crippen molar-refractivity contribution in [2.45, 2.75) is 23.8 Å². The number of piperidine rings is 1. The molecule has 2 aliphatic heterocycles. The molecule has 104 valence electrons. The Kier molecular flexibility index (Phi) is 4.13. The van der Waals surface area contributed by atoms with Crippen LogP contribution in [0.3, 0.4) is 0 Å². The maximum Gasteiger partial charge on any atom is 0.286 e. The van der Waals surface area contributed by atoms with Gasteiger partial charge in [0.1, 0.15) is 11.0 Å². The fraction of sp³-hybridized carbons (Fsp3) is 0.417. The molecule has 0 amide bonds. The van der Waals surface area contributed by atoms with Gasteiger partial charge in [-0.1, -0.05) is 12.1 Å². The minimum atomic E-state index is -3.56. The second-order valence-corrected chi connectivity index (χ2v) is 6.01. The molecule has 0 radical (unpaired) electrons. The monoisotopic (exact) mass is 302 g/mol. The summed E-state index contributed by atoms with van der Waals surface area (Å²) < 4.78 is 33.1. The third-order valence-electron chi connectivity index (χ3n) is 3.16. The van der Waals surface area contributed by atoms with Crippen LogP contribution in [-0.2, 0) is 14.8 Å². The molecule has 5 nitrogen and oxygen atoms in total. The standard InChI is InChI=1S/C12H14N2O3S.ClH/c15-18(16)11-4-2-1-3-10(11)12(14-18)17-9-5-7-13-8-6-9;/h1-4,9,13H,5-8H2;1H. The van der Waals surface area contributed by atoms with Crippen LogP contribution in [0, 0.1) is 0 Å². The number of halogens is 1. The van der Waals surface area contributed by atoms with Crippen LogP contribution in [0.4, 0.5) is 0 Å². The molecule has 0 aromatic heterocycles. The molecule has 0 saturated carbocycles. The van der Waals surface area contributed by atoms with E-state index in [4.69, 9.17) is 4.74 Å². The van der Waals surface area contributed by atoms with E-state index >= 15 is 0 Å². The zero-order valence-electron chi connectivity index (χ0n) is 10.2. The van der Waals surface area contributed by atoms with Gasteiger partial charge in [0.15, 0.2) is 0 Å². The second-order valence-electron chi connectivity index (χ2n) is 4.43. The Morgan fingerprint density at radius 1 is 1.21 bits per heavy atom. The molecule has 1 aromatic rings. The zero-order valence-corrected chi connectivity index (χ0v) is 11.8. The van der Waals surface area contributed by atoms with E-state index in [2.05, 4.69) is 9.71 Å². The highest BCUT2D eigenvalue weighted by molar-refractivity contribution is 7.90. The van der Waals surface area contributed by atoms with Crippen LogP contribution in [0.15, 0.2) is 33.6 Å². The van der Waals surface area contributed by atoms with Crippen molar-refractivity contribution in [2.24, 2.45) is 4.40 Å². The number of fused-ring (bicyclic) bond motifs is 1. The molecule has 2 heterocycles. The molecule has 0 spiro atoms. The summed E-state index contributed by atoms with van der Waals surface area (Å²) in [6, 6.07) is 6.78. The molecule has 0 unspecified atom stereocenters. The van der Waals surface area contributed by atoms with Crippen LogP contribution in [0.5, 0.6) is 0 Å². The number of benzene rings is 1. The number of nitrogens with one attached hydrogen (secondary N) is 1. The highest BCUT2D eigenvalue weighted by Gasteiger charge is 2.31. The molecule has 1 N–H and O–H groups in total. The number of sulfonamides is 1. The van der Waals surface area contributed by atoms with Gasteiger partial charge in [0.25, 0.3) is 10.0 Å². The number of ether oxygens (including phenoxy) is 1. The highest BCUT2D eigenvalue weighted by atomic mass is 35.5. The number of hydrogen-bond donors (Lipinski definition) is 1. The van der Waals surface area contributed by atoms with Gasteiger partial charge in [0.05, 0.1) is 5.56 Å². The van der Waals surface area contributed by atoms with Crippen LogP contribution >= 0.6 is 12.4 Å². The zero-order chi connectivity index (χ0) is 12.6. The molecule has 19 heavy (non-hydrogen) atoms. The summed E-state index contributed by atoms with van der Waals surface area (Å²) in [5.41, 5.74) is 0.580. The van der Waals surface area contributed by atoms with Gasteiger partial charge in [-0.15, -0.1) is 16.8 Å². The summed E-state index contributed by atoms with van der Waals surface area (Å²) in [7, 11) is -3.56. The average Bonchev–Trinajstić information content (AvgIpc) is 2.63. The van der Waals surface area contributed by atoms with Crippen molar-refractivity contribution >= 4 is 28.3 Å². The molecule has 2 aliphatic rings. The summed E-state index contributed by atoms with van der Waals surface area (Å²) in [5.74, 6) is 0.248. The smallest absolute Gasteiger partial charge is 0.286 e. The summed E-state index contributed by atoms with van der Waals surface area (Å²) in [6.45, 7) is 1.79. The molecule has 1 saturated heterocycles. The van der Waals surface area contributed by atoms with Crippen LogP contribution < -0.4 is 5.32 Å². The molecular weight excluding hydrogens is 288 g/mol. The van der Waals surface area contributed by atoms with E-state index in [1.807, 2.05) is 0 Å². The summed E-state index contributed by atoms with van der Waals surface area (Å²) >= 11 is 0. The van der Waals surface area contributed by atoms with Gasteiger partial charge in [-0.05, 0) is 38.1 Å². The van der Waals surface area contributed by atoms with E-state index in [0.29, 0.717) is 5.56 Å². The molecule has 0 bridgehead atoms. The van der Waals surface area contributed by atoms with Crippen molar-refractivity contribution in [1.82, 2.24) is 5.32 Å². The minimum Gasteiger partial charge on any atom is -0.473 e. The van der Waals surface area contributed by atoms with Gasteiger partial charge in [-0.3, -0.25) is 0 Å². The maximum absolute atomic E-state index is 11.8. The van der Waals surface area contributed by atoms with Gasteiger partial charge in [-0.2, -0.15) is 8.42 Å². The molecular formula is C12H15ClN2O3S. The molecule has 7 heteroatoms. The van der Waals surface area contributed by atoms with E-state index in [-0.39, 0.29) is 29.3 Å². The SMILES string of the molecule is Cl.O=S1(=O)N=C(OC2CCNCC2)c2ccccc21. The third kappa shape index (κ3) is 2.75. The van der Waals surface area contributed by atoms with Crippen LogP contribution in [0.25, 0.3) is 0 Å². The van der Waals surface area contributed by atoms with Gasteiger partial charge >= 0.3 is 0 Å². The largest absolute Gasteiger partial charge is 0.473 e. The first-order valence-electron chi connectivity index (χ1n) is 5.98. The minimum absolute atomic E-state index is 0. The van der Waals surface area contributed by atoms with Gasteiger partial charge in [-0.25, -0.2) is 0 Å². The van der Waals surface area contributed by atoms with Crippen molar-refractivity contribution < 1.29 is 13.2 Å². The quantitative estimate of drug-likeness (QED) is 0.850. The maximum atomic E-state index is 11.8. The van der Waals surface area contributed by atoms with Crippen molar-refractivity contribution in [3.05, 3.63) is 29.8 Å². The fourth-order valence-electron chi connectivity index (χ4n) is 2.23. The topological polar surface area (TPSA) is 67.8 Å². The van der Waals surface area contributed by atoms with Gasteiger partial charge in [0, 0.05) is 0 Å². The normalized spacial score (nSPS) is 21.2. The Labute approximate surface area is 118 Å². The van der Waals surface area contributed by atoms with Gasteiger partial charge in [0.2, 0.25) is 5.90 Å². The highest BCUT2D eigenvalue weighted by Crippen LogP contribution is 2.27. The van der Waals surface area contributed by atoms with Crippen LogP contribution in [0.2, 0.25) is 0 Å². The molecule has 3 rings (SSSR count). The molecule has 1 fully saturated rings. The van der Waals surface area contributed by atoms with Crippen molar-refractivity contribution in [3.63, 3.8) is 0 Å². The van der Waals surface area contributed by atoms with Crippen molar-refractivity contribution in [1.29, 1.82) is 0 Å². The predicted octanol–water partition coefficient (Wildman–Crippen LogP) is 1.33. The Morgan fingerprint density at radius 3 is 2.63 bits per heavy atom. The van der Waals surface area contributed by atoms with Crippen molar-refractivity contribution in [3.8, 4) is 0 Å². The molecule has 1 aromatic carbocycles. The van der Waals surface area contributed by atoms with E-state index in [1.165, 1.54) is 0 Å². The Balaban J connectivity index is 0.00000133. The van der Waals surface area contributed by atoms with Gasteiger partial charge < -0.3 is 10.1 Å². The van der Waals surface area contributed by atoms with Crippen LogP contribution in [-0.4, -0.2) is 33.5 Å². The summed E-state index contributed by atoms with van der Waals surface area (Å²) in [5, 5.41) is 3.24. The summed E-state index contributed by atoms with van der Waals surface area (Å²) in [4.78, 5) is 0.244. The van der Waals surface area contributed by atoms with E-state index in [0.717, 1.165) is 25.9 Å². The lowest BCUT2D eigenvalue weighted by Crippen LogP contribution is -2.33. The number of rotatable bonds is 1. The molecule has 0 aliphatic carbocycles. The average molecular weight is 303 g/mol. The first-order chi connectivity index (χ1) is 8.67. The van der Waals surface area contributed by atoms with E-state index in [1.54, 1.807) is 24.3 Å². The number of hydrogen-bond acceptors (Lipinski definition) is 4. The van der Waals surface area contributed by atoms with Crippen molar-refractivity contribution in [2.75, 3.05) is 13.1 Å². The third-order valence-corrected chi connectivity index (χ3v) is 4.48. The Hall–Kier alpha value is -1.11. The Bertz CT molecular complexity index is 595. The fourth-order valence-corrected chi connectivity index (χ4v) is 3.37. The first-order valence-corrected chi connectivity index (χ1v) is 7.42. The predicted molar refractivity (Wildman–Crippen MR) is 74.4 cm³/mol. The lowest BCUT2D eigenvalue weighted by molar-refractivity contribution is 0.151. The van der Waals surface area contributed by atoms with E-state index < -0.39 is 10.0 Å². The first kappa shape index (κ1) is 14.3. The van der Waals surface area contributed by atoms with E-state index in [9.17, 15) is 8.42 Å².